The van der Waals surface area contributed by atoms with E-state index in [1.165, 1.54) is 18.2 Å². The van der Waals surface area contributed by atoms with Crippen LogP contribution in [0.2, 0.25) is 19.1 Å². The molecule has 1 aromatic carbocycles. The zero-order valence-corrected chi connectivity index (χ0v) is 17.8. The number of hydrogen-bond donors (Lipinski definition) is 1. The highest BCUT2D eigenvalue weighted by Gasteiger charge is 2.31. The third kappa shape index (κ3) is 5.20. The van der Waals surface area contributed by atoms with Crippen LogP contribution in [-0.4, -0.2) is 39.8 Å². The van der Waals surface area contributed by atoms with Gasteiger partial charge in [0.1, 0.15) is 0 Å². The Hall–Kier alpha value is -1.66. The lowest BCUT2D eigenvalue weighted by atomic mass is 9.89. The van der Waals surface area contributed by atoms with Gasteiger partial charge in [-0.3, -0.25) is 14.9 Å². The molecule has 6 heteroatoms. The SMILES string of the molecule is CCC[Si](C)(C)OCCC1CN(c2cccc(C3CCC(=O)NC3=O)c2)C1. The normalized spacial score (nSPS) is 21.1. The van der Waals surface area contributed by atoms with Crippen molar-refractivity contribution in [3.05, 3.63) is 29.8 Å². The van der Waals surface area contributed by atoms with Gasteiger partial charge in [-0.2, -0.15) is 0 Å². The lowest BCUT2D eigenvalue weighted by molar-refractivity contribution is -0.134. The number of rotatable bonds is 8. The molecule has 2 amide bonds. The summed E-state index contributed by atoms with van der Waals surface area (Å²) in [6.07, 6.45) is 3.36. The van der Waals surface area contributed by atoms with Crippen LogP contribution in [0.5, 0.6) is 0 Å². The third-order valence-corrected chi connectivity index (χ3v) is 8.39. The first-order valence-electron chi connectivity index (χ1n) is 10.2. The third-order valence-electron chi connectivity index (χ3n) is 5.71. The molecule has 1 unspecified atom stereocenters. The van der Waals surface area contributed by atoms with Gasteiger partial charge in [0.15, 0.2) is 8.32 Å². The average molecular weight is 389 g/mol. The number of benzene rings is 1. The maximum Gasteiger partial charge on any atom is 0.234 e. The number of anilines is 1. The number of carbonyl (C=O) groups is 2. The Morgan fingerprint density at radius 2 is 2.04 bits per heavy atom. The van der Waals surface area contributed by atoms with Crippen molar-refractivity contribution in [2.24, 2.45) is 5.92 Å². The quantitative estimate of drug-likeness (QED) is 0.545. The van der Waals surface area contributed by atoms with E-state index in [9.17, 15) is 9.59 Å². The van der Waals surface area contributed by atoms with Crippen LogP contribution < -0.4 is 10.2 Å². The van der Waals surface area contributed by atoms with E-state index in [4.69, 9.17) is 4.43 Å². The molecule has 148 valence electrons. The summed E-state index contributed by atoms with van der Waals surface area (Å²) in [5.74, 6) is 0.154. The fourth-order valence-corrected chi connectivity index (χ4v) is 6.11. The molecule has 1 aromatic rings. The minimum absolute atomic E-state index is 0.162. The molecule has 0 aliphatic carbocycles. The number of amides is 2. The Labute approximate surface area is 163 Å². The van der Waals surface area contributed by atoms with E-state index >= 15 is 0 Å². The fraction of sp³-hybridized carbons (Fsp3) is 0.619. The van der Waals surface area contributed by atoms with Crippen LogP contribution in [0.3, 0.4) is 0 Å². The number of carbonyl (C=O) groups excluding carboxylic acids is 2. The Balaban J connectivity index is 1.48. The molecule has 0 bridgehead atoms. The van der Waals surface area contributed by atoms with Gasteiger partial charge in [0, 0.05) is 31.8 Å². The van der Waals surface area contributed by atoms with Crippen molar-refractivity contribution in [1.82, 2.24) is 5.32 Å². The standard InChI is InChI=1S/C21H32N2O3Si/c1-4-12-27(2,3)26-11-10-16-14-23(15-16)18-7-5-6-17(13-18)19-8-9-20(24)22-21(19)25/h5-7,13,16,19H,4,8-12,14-15H2,1-3H3,(H,22,24,25). The van der Waals surface area contributed by atoms with E-state index < -0.39 is 8.32 Å². The van der Waals surface area contributed by atoms with E-state index in [1.807, 2.05) is 12.1 Å². The zero-order chi connectivity index (χ0) is 19.4. The first-order valence-corrected chi connectivity index (χ1v) is 13.3. The summed E-state index contributed by atoms with van der Waals surface area (Å²) < 4.78 is 6.18. The predicted molar refractivity (Wildman–Crippen MR) is 110 cm³/mol. The number of hydrogen-bond acceptors (Lipinski definition) is 4. The van der Waals surface area contributed by atoms with E-state index in [2.05, 4.69) is 42.4 Å². The Morgan fingerprint density at radius 3 is 2.74 bits per heavy atom. The average Bonchev–Trinajstić information content (AvgIpc) is 2.57. The van der Waals surface area contributed by atoms with Gasteiger partial charge in [-0.05, 0) is 55.6 Å². The van der Waals surface area contributed by atoms with Gasteiger partial charge >= 0.3 is 0 Å². The summed E-state index contributed by atoms with van der Waals surface area (Å²) in [6.45, 7) is 9.84. The van der Waals surface area contributed by atoms with Crippen molar-refractivity contribution >= 4 is 25.8 Å². The topological polar surface area (TPSA) is 58.6 Å². The van der Waals surface area contributed by atoms with Gasteiger partial charge in [-0.1, -0.05) is 25.5 Å². The first kappa shape index (κ1) is 20.1. The van der Waals surface area contributed by atoms with Crippen LogP contribution in [0, 0.1) is 5.92 Å². The van der Waals surface area contributed by atoms with Crippen LogP contribution in [-0.2, 0) is 14.0 Å². The Bertz CT molecular complexity index is 686. The predicted octanol–water partition coefficient (Wildman–Crippen LogP) is 3.66. The van der Waals surface area contributed by atoms with Crippen molar-refractivity contribution in [1.29, 1.82) is 0 Å². The molecule has 27 heavy (non-hydrogen) atoms. The van der Waals surface area contributed by atoms with E-state index in [0.717, 1.165) is 31.7 Å². The molecular weight excluding hydrogens is 356 g/mol. The fourth-order valence-electron chi connectivity index (χ4n) is 4.09. The van der Waals surface area contributed by atoms with E-state index in [0.29, 0.717) is 18.8 Å². The van der Waals surface area contributed by atoms with E-state index in [1.54, 1.807) is 0 Å². The molecule has 3 rings (SSSR count). The molecule has 0 spiro atoms. The van der Waals surface area contributed by atoms with Crippen LogP contribution in [0.1, 0.15) is 44.1 Å². The summed E-state index contributed by atoms with van der Waals surface area (Å²) in [5.41, 5.74) is 2.19. The van der Waals surface area contributed by atoms with Crippen molar-refractivity contribution in [3.63, 3.8) is 0 Å². The van der Waals surface area contributed by atoms with Crippen LogP contribution in [0.4, 0.5) is 5.69 Å². The highest BCUT2D eigenvalue weighted by atomic mass is 28.4. The largest absolute Gasteiger partial charge is 0.417 e. The molecule has 0 saturated carbocycles. The molecule has 2 aliphatic rings. The maximum atomic E-state index is 12.1. The van der Waals surface area contributed by atoms with Crippen molar-refractivity contribution in [2.75, 3.05) is 24.6 Å². The molecule has 2 heterocycles. The first-order chi connectivity index (χ1) is 12.9. The minimum atomic E-state index is -1.45. The zero-order valence-electron chi connectivity index (χ0n) is 16.8. The van der Waals surface area contributed by atoms with Crippen molar-refractivity contribution in [2.45, 2.75) is 57.7 Å². The molecule has 1 atom stereocenters. The summed E-state index contributed by atoms with van der Waals surface area (Å²) in [7, 11) is -1.45. The number of imide groups is 1. The summed E-state index contributed by atoms with van der Waals surface area (Å²) in [5, 5.41) is 2.45. The Morgan fingerprint density at radius 1 is 1.26 bits per heavy atom. The van der Waals surface area contributed by atoms with Gasteiger partial charge in [0.25, 0.3) is 0 Å². The molecule has 0 radical (unpaired) electrons. The molecule has 1 N–H and O–H groups in total. The van der Waals surface area contributed by atoms with E-state index in [-0.39, 0.29) is 17.7 Å². The highest BCUT2D eigenvalue weighted by Crippen LogP contribution is 2.31. The number of nitrogens with zero attached hydrogens (tertiary/aromatic N) is 1. The molecular formula is C21H32N2O3Si. The van der Waals surface area contributed by atoms with Gasteiger partial charge in [0.2, 0.25) is 11.8 Å². The second-order valence-corrected chi connectivity index (χ2v) is 12.8. The molecule has 5 nitrogen and oxygen atoms in total. The lowest BCUT2D eigenvalue weighted by Crippen LogP contribution is -2.47. The Kier molecular flexibility index (Phi) is 6.37. The highest BCUT2D eigenvalue weighted by molar-refractivity contribution is 6.71. The van der Waals surface area contributed by atoms with Crippen molar-refractivity contribution < 1.29 is 14.0 Å². The minimum Gasteiger partial charge on any atom is -0.417 e. The molecule has 2 aliphatic heterocycles. The van der Waals surface area contributed by atoms with Crippen LogP contribution in [0.15, 0.2) is 24.3 Å². The van der Waals surface area contributed by atoms with Crippen molar-refractivity contribution in [3.8, 4) is 0 Å². The van der Waals surface area contributed by atoms with Crippen LogP contribution in [0.25, 0.3) is 0 Å². The molecule has 0 aromatic heterocycles. The number of piperidine rings is 1. The lowest BCUT2D eigenvalue weighted by Gasteiger charge is -2.42. The van der Waals surface area contributed by atoms with Gasteiger partial charge in [0.05, 0.1) is 5.92 Å². The second kappa shape index (κ2) is 8.57. The van der Waals surface area contributed by atoms with Gasteiger partial charge in [-0.15, -0.1) is 0 Å². The summed E-state index contributed by atoms with van der Waals surface area (Å²) in [4.78, 5) is 25.8. The second-order valence-electron chi connectivity index (χ2n) is 8.52. The molecule has 2 saturated heterocycles. The monoisotopic (exact) mass is 388 g/mol. The van der Waals surface area contributed by atoms with Gasteiger partial charge < -0.3 is 9.33 Å². The molecule has 2 fully saturated rings. The smallest absolute Gasteiger partial charge is 0.234 e. The maximum absolute atomic E-state index is 12.1. The number of nitrogens with one attached hydrogen (secondary N) is 1. The summed E-state index contributed by atoms with van der Waals surface area (Å²) >= 11 is 0. The summed E-state index contributed by atoms with van der Waals surface area (Å²) in [6, 6.07) is 9.47. The van der Waals surface area contributed by atoms with Crippen LogP contribution >= 0.6 is 0 Å². The van der Waals surface area contributed by atoms with Gasteiger partial charge in [-0.25, -0.2) is 0 Å².